The Morgan fingerprint density at radius 2 is 1.47 bits per heavy atom. The van der Waals surface area contributed by atoms with Crippen molar-refractivity contribution in [3.63, 3.8) is 0 Å². The molecular weight excluding hydrogens is 208 g/mol. The Morgan fingerprint density at radius 3 is 1.67 bits per heavy atom. The number of ether oxygens (including phenoxy) is 2. The highest BCUT2D eigenvalue weighted by Crippen LogP contribution is 2.17. The summed E-state index contributed by atoms with van der Waals surface area (Å²) in [6, 6.07) is 0. The lowest BCUT2D eigenvalue weighted by atomic mass is 9.93. The first-order valence-electron chi connectivity index (χ1n) is 3.86. The Morgan fingerprint density at radius 1 is 1.13 bits per heavy atom. The van der Waals surface area contributed by atoms with Crippen molar-refractivity contribution in [2.45, 2.75) is 6.92 Å². The zero-order valence-corrected chi connectivity index (χ0v) is 8.06. The van der Waals surface area contributed by atoms with Crippen LogP contribution >= 0.6 is 0 Å². The second-order valence-corrected chi connectivity index (χ2v) is 3.08. The van der Waals surface area contributed by atoms with E-state index in [4.69, 9.17) is 5.11 Å². The van der Waals surface area contributed by atoms with E-state index < -0.39 is 36.8 Å². The molecule has 0 aliphatic carbocycles. The van der Waals surface area contributed by atoms with Gasteiger partial charge in [0, 0.05) is 0 Å². The molecule has 0 spiro atoms. The molecule has 0 aliphatic heterocycles. The summed E-state index contributed by atoms with van der Waals surface area (Å²) >= 11 is 0. The van der Waals surface area contributed by atoms with Crippen molar-refractivity contribution in [3.05, 3.63) is 0 Å². The third kappa shape index (κ3) is 4.69. The Kier molecular flexibility index (Phi) is 4.36. The number of carbonyl (C=O) groups excluding carboxylic acids is 2. The first-order chi connectivity index (χ1) is 6.78. The summed E-state index contributed by atoms with van der Waals surface area (Å²) in [4.78, 5) is 31.3. The Hall–Kier alpha value is -1.99. The number of carbonyl (C=O) groups is 3. The molecule has 0 radical (unpaired) electrons. The number of hydrogen-bond acceptors (Lipinski definition) is 5. The maximum atomic E-state index is 10.8. The molecule has 0 unspecified atom stereocenters. The molecule has 0 saturated carbocycles. The van der Waals surface area contributed by atoms with E-state index in [0.29, 0.717) is 0 Å². The van der Waals surface area contributed by atoms with E-state index in [0.717, 1.165) is 0 Å². The van der Waals surface area contributed by atoms with Gasteiger partial charge in [-0.05, 0) is 6.92 Å². The molecule has 8 heteroatoms. The molecule has 15 heavy (non-hydrogen) atoms. The topological polar surface area (TPSA) is 142 Å². The van der Waals surface area contributed by atoms with Crippen LogP contribution in [0.25, 0.3) is 0 Å². The fraction of sp³-hybridized carbons (Fsp3) is 0.571. The minimum atomic E-state index is -1.57. The number of hydrogen-bond donors (Lipinski definition) is 3. The van der Waals surface area contributed by atoms with Gasteiger partial charge in [-0.3, -0.25) is 4.79 Å². The molecule has 0 atom stereocenters. The van der Waals surface area contributed by atoms with Crippen LogP contribution in [-0.4, -0.2) is 36.5 Å². The highest BCUT2D eigenvalue weighted by Gasteiger charge is 2.36. The number of carboxylic acids is 1. The summed E-state index contributed by atoms with van der Waals surface area (Å²) in [5.41, 5.74) is 7.77. The molecule has 0 aromatic heterocycles. The number of aliphatic carboxylic acids is 1. The third-order valence-corrected chi connectivity index (χ3v) is 1.58. The predicted molar refractivity (Wildman–Crippen MR) is 46.8 cm³/mol. The van der Waals surface area contributed by atoms with Crippen molar-refractivity contribution in [1.29, 1.82) is 0 Å². The molecule has 5 N–H and O–H groups in total. The van der Waals surface area contributed by atoms with Gasteiger partial charge in [0.1, 0.15) is 18.6 Å². The van der Waals surface area contributed by atoms with Gasteiger partial charge < -0.3 is 26.0 Å². The van der Waals surface area contributed by atoms with Crippen molar-refractivity contribution in [2.75, 3.05) is 13.2 Å². The zero-order chi connectivity index (χ0) is 12.1. The average molecular weight is 220 g/mol. The predicted octanol–water partition coefficient (Wildman–Crippen LogP) is -0.732. The van der Waals surface area contributed by atoms with E-state index in [1.54, 1.807) is 0 Å². The molecule has 0 aromatic carbocycles. The van der Waals surface area contributed by atoms with Crippen LogP contribution in [0.5, 0.6) is 0 Å². The number of primary amides is 2. The average Bonchev–Trinajstić information content (AvgIpc) is 2.11. The molecule has 86 valence electrons. The molecule has 0 aromatic rings. The molecular formula is C7H12N2O6. The highest BCUT2D eigenvalue weighted by molar-refractivity contribution is 5.76. The number of carboxylic acid groups (broad SMARTS) is 1. The van der Waals surface area contributed by atoms with E-state index in [2.05, 4.69) is 20.9 Å². The summed E-state index contributed by atoms with van der Waals surface area (Å²) in [6.45, 7) is 0.205. The summed E-state index contributed by atoms with van der Waals surface area (Å²) < 4.78 is 8.65. The summed E-state index contributed by atoms with van der Waals surface area (Å²) in [7, 11) is 0. The first kappa shape index (κ1) is 13.0. The van der Waals surface area contributed by atoms with Gasteiger partial charge in [-0.15, -0.1) is 0 Å². The molecule has 0 fully saturated rings. The lowest BCUT2D eigenvalue weighted by Gasteiger charge is -2.22. The van der Waals surface area contributed by atoms with Gasteiger partial charge in [-0.25, -0.2) is 9.59 Å². The SMILES string of the molecule is CC(COC(N)=O)(COC(N)=O)C(=O)O. The number of rotatable bonds is 5. The quantitative estimate of drug-likeness (QED) is 0.557. The maximum absolute atomic E-state index is 10.8. The van der Waals surface area contributed by atoms with Crippen LogP contribution in [0.1, 0.15) is 6.92 Å². The molecule has 0 bridgehead atoms. The van der Waals surface area contributed by atoms with Crippen LogP contribution in [0.2, 0.25) is 0 Å². The molecule has 0 aliphatic rings. The second-order valence-electron chi connectivity index (χ2n) is 3.08. The van der Waals surface area contributed by atoms with Gasteiger partial charge in [0.25, 0.3) is 0 Å². The van der Waals surface area contributed by atoms with E-state index in [9.17, 15) is 14.4 Å². The number of nitrogens with two attached hydrogens (primary N) is 2. The summed E-state index contributed by atoms with van der Waals surface area (Å²) in [5, 5.41) is 8.79. The van der Waals surface area contributed by atoms with Crippen LogP contribution in [-0.2, 0) is 14.3 Å². The van der Waals surface area contributed by atoms with Crippen molar-refractivity contribution in [3.8, 4) is 0 Å². The van der Waals surface area contributed by atoms with Crippen LogP contribution in [0.4, 0.5) is 9.59 Å². The summed E-state index contributed by atoms with van der Waals surface area (Å²) in [5.74, 6) is -1.30. The van der Waals surface area contributed by atoms with Crippen molar-refractivity contribution in [1.82, 2.24) is 0 Å². The van der Waals surface area contributed by atoms with Crippen molar-refractivity contribution >= 4 is 18.2 Å². The molecule has 0 heterocycles. The zero-order valence-electron chi connectivity index (χ0n) is 8.06. The van der Waals surface area contributed by atoms with Gasteiger partial charge in [0.05, 0.1) is 0 Å². The van der Waals surface area contributed by atoms with E-state index in [-0.39, 0.29) is 0 Å². The largest absolute Gasteiger partial charge is 0.481 e. The fourth-order valence-electron chi connectivity index (χ4n) is 0.626. The van der Waals surface area contributed by atoms with E-state index in [1.165, 1.54) is 6.92 Å². The Bertz CT molecular complexity index is 259. The van der Waals surface area contributed by atoms with Crippen LogP contribution < -0.4 is 11.5 Å². The van der Waals surface area contributed by atoms with Crippen LogP contribution in [0, 0.1) is 5.41 Å². The van der Waals surface area contributed by atoms with Crippen molar-refractivity contribution < 1.29 is 29.0 Å². The molecule has 8 nitrogen and oxygen atoms in total. The van der Waals surface area contributed by atoms with Crippen LogP contribution in [0.3, 0.4) is 0 Å². The van der Waals surface area contributed by atoms with Crippen LogP contribution in [0.15, 0.2) is 0 Å². The monoisotopic (exact) mass is 220 g/mol. The van der Waals surface area contributed by atoms with Gasteiger partial charge >= 0.3 is 18.2 Å². The van der Waals surface area contributed by atoms with Crippen molar-refractivity contribution in [2.24, 2.45) is 16.9 Å². The van der Waals surface area contributed by atoms with Gasteiger partial charge in [0.15, 0.2) is 0 Å². The lowest BCUT2D eigenvalue weighted by Crippen LogP contribution is -2.40. The second kappa shape index (κ2) is 5.03. The molecule has 2 amide bonds. The minimum absolute atomic E-state index is 0.509. The molecule has 0 saturated heterocycles. The van der Waals surface area contributed by atoms with Gasteiger partial charge in [-0.2, -0.15) is 0 Å². The van der Waals surface area contributed by atoms with Gasteiger partial charge in [0.2, 0.25) is 0 Å². The molecule has 0 rings (SSSR count). The highest BCUT2D eigenvalue weighted by atomic mass is 16.6. The third-order valence-electron chi connectivity index (χ3n) is 1.58. The fourth-order valence-corrected chi connectivity index (χ4v) is 0.626. The van der Waals surface area contributed by atoms with Gasteiger partial charge in [-0.1, -0.05) is 0 Å². The van der Waals surface area contributed by atoms with E-state index in [1.807, 2.05) is 0 Å². The lowest BCUT2D eigenvalue weighted by molar-refractivity contribution is -0.152. The minimum Gasteiger partial charge on any atom is -0.481 e. The maximum Gasteiger partial charge on any atom is 0.404 e. The number of amides is 2. The Balaban J connectivity index is 4.38. The first-order valence-corrected chi connectivity index (χ1v) is 3.86. The Labute approximate surface area is 85.1 Å². The summed E-state index contributed by atoms with van der Waals surface area (Å²) in [6.07, 6.45) is -2.22. The smallest absolute Gasteiger partial charge is 0.404 e. The normalized spacial score (nSPS) is 10.5. The standard InChI is InChI=1S/C7H12N2O6/c1-7(4(10)11,2-14-5(8)12)3-15-6(9)13/h2-3H2,1H3,(H2,8,12)(H2,9,13)(H,10,11). The van der Waals surface area contributed by atoms with E-state index >= 15 is 0 Å².